The number of carbonyl (C=O) groups excluding carboxylic acids is 1. The number of nitrogens with zero attached hydrogens (tertiary/aromatic N) is 2. The van der Waals surface area contributed by atoms with Crippen molar-refractivity contribution in [2.75, 3.05) is 13.1 Å². The Bertz CT molecular complexity index is 1410. The van der Waals surface area contributed by atoms with Gasteiger partial charge in [-0.3, -0.25) is 4.79 Å². The summed E-state index contributed by atoms with van der Waals surface area (Å²) in [5, 5.41) is 6.63. The molecule has 6 rings (SSSR count). The van der Waals surface area contributed by atoms with Crippen molar-refractivity contribution in [3.8, 4) is 21.7 Å². The number of benzene rings is 2. The highest BCUT2D eigenvalue weighted by molar-refractivity contribution is 7.89. The number of likely N-dealkylation sites (tertiary alicyclic amines) is 1. The molecule has 3 aliphatic rings. The second-order valence-corrected chi connectivity index (χ2v) is 12.5. The molecular weight excluding hydrogens is 490 g/mol. The summed E-state index contributed by atoms with van der Waals surface area (Å²) < 4.78 is 24.5. The Morgan fingerprint density at radius 3 is 2.38 bits per heavy atom. The molecule has 2 heterocycles. The van der Waals surface area contributed by atoms with Crippen LogP contribution in [0.2, 0.25) is 5.02 Å². The molecule has 0 spiro atoms. The normalized spacial score (nSPS) is 21.3. The van der Waals surface area contributed by atoms with Crippen LogP contribution in [-0.2, 0) is 22.9 Å². The van der Waals surface area contributed by atoms with E-state index in [4.69, 9.17) is 21.7 Å². The molecule has 2 aromatic carbocycles. The minimum absolute atomic E-state index is 0.0197. The van der Waals surface area contributed by atoms with Gasteiger partial charge < -0.3 is 4.90 Å². The number of halogens is 1. The molecule has 2 N–H and O–H groups in total. The SMILES string of the molecule is NS(=O)(=O)c1ccc(-c2sc(C(=O)N3CC4CC4C3)nc2-c2ccc(Cl)cc2)c2c1CCCC2. The van der Waals surface area contributed by atoms with Crippen LogP contribution in [0.3, 0.4) is 0 Å². The third-order valence-electron chi connectivity index (χ3n) is 7.24. The van der Waals surface area contributed by atoms with E-state index in [1.54, 1.807) is 6.07 Å². The van der Waals surface area contributed by atoms with E-state index >= 15 is 0 Å². The van der Waals surface area contributed by atoms with Crippen LogP contribution in [0.1, 0.15) is 40.2 Å². The number of amides is 1. The van der Waals surface area contributed by atoms with E-state index < -0.39 is 10.0 Å². The molecule has 1 amide bonds. The first-order valence-electron chi connectivity index (χ1n) is 11.5. The van der Waals surface area contributed by atoms with Crippen LogP contribution >= 0.6 is 22.9 Å². The first-order chi connectivity index (χ1) is 16.3. The van der Waals surface area contributed by atoms with Gasteiger partial charge in [0, 0.05) is 23.7 Å². The number of rotatable bonds is 4. The van der Waals surface area contributed by atoms with Crippen molar-refractivity contribution in [3.63, 3.8) is 0 Å². The van der Waals surface area contributed by atoms with Crippen LogP contribution in [-0.4, -0.2) is 37.3 Å². The molecule has 176 valence electrons. The van der Waals surface area contributed by atoms with Gasteiger partial charge in [0.1, 0.15) is 0 Å². The quantitative estimate of drug-likeness (QED) is 0.544. The average molecular weight is 514 g/mol. The Hall–Kier alpha value is -2.26. The lowest BCUT2D eigenvalue weighted by molar-refractivity contribution is 0.0775. The van der Waals surface area contributed by atoms with Crippen molar-refractivity contribution in [2.45, 2.75) is 37.0 Å². The number of piperidine rings is 1. The van der Waals surface area contributed by atoms with Crippen molar-refractivity contribution in [1.82, 2.24) is 9.88 Å². The summed E-state index contributed by atoms with van der Waals surface area (Å²) in [5.41, 5.74) is 4.34. The number of carbonyl (C=O) groups is 1. The minimum Gasteiger partial charge on any atom is -0.336 e. The van der Waals surface area contributed by atoms with Gasteiger partial charge in [-0.15, -0.1) is 11.3 Å². The van der Waals surface area contributed by atoms with Crippen LogP contribution in [0.5, 0.6) is 0 Å². The molecule has 2 unspecified atom stereocenters. The maximum absolute atomic E-state index is 13.3. The molecule has 2 aliphatic carbocycles. The summed E-state index contributed by atoms with van der Waals surface area (Å²) in [4.78, 5) is 21.2. The highest BCUT2D eigenvalue weighted by atomic mass is 35.5. The molecule has 2 fully saturated rings. The van der Waals surface area contributed by atoms with Gasteiger partial charge in [-0.1, -0.05) is 29.8 Å². The van der Waals surface area contributed by atoms with Crippen LogP contribution in [0.4, 0.5) is 0 Å². The molecule has 1 aromatic heterocycles. The average Bonchev–Trinajstić information content (AvgIpc) is 3.22. The second kappa shape index (κ2) is 8.16. The Morgan fingerprint density at radius 2 is 1.71 bits per heavy atom. The van der Waals surface area contributed by atoms with Gasteiger partial charge in [-0.05, 0) is 78.8 Å². The molecule has 0 bridgehead atoms. The molecule has 1 aliphatic heterocycles. The Labute approximate surface area is 207 Å². The topological polar surface area (TPSA) is 93.4 Å². The van der Waals surface area contributed by atoms with Crippen LogP contribution in [0.25, 0.3) is 21.7 Å². The van der Waals surface area contributed by atoms with Crippen molar-refractivity contribution >= 4 is 38.9 Å². The van der Waals surface area contributed by atoms with Crippen molar-refractivity contribution < 1.29 is 13.2 Å². The molecule has 1 saturated carbocycles. The Kier molecular flexibility index (Phi) is 5.33. The zero-order valence-electron chi connectivity index (χ0n) is 18.5. The van der Waals surface area contributed by atoms with Gasteiger partial charge >= 0.3 is 0 Å². The lowest BCUT2D eigenvalue weighted by Crippen LogP contribution is -2.30. The van der Waals surface area contributed by atoms with Crippen molar-refractivity contribution in [3.05, 3.63) is 57.6 Å². The van der Waals surface area contributed by atoms with Crippen LogP contribution in [0, 0.1) is 11.8 Å². The van der Waals surface area contributed by atoms with Crippen LogP contribution in [0.15, 0.2) is 41.3 Å². The van der Waals surface area contributed by atoms with E-state index in [0.717, 1.165) is 65.2 Å². The molecule has 34 heavy (non-hydrogen) atoms. The molecule has 1 saturated heterocycles. The van der Waals surface area contributed by atoms with E-state index in [1.165, 1.54) is 17.8 Å². The highest BCUT2D eigenvalue weighted by Crippen LogP contribution is 2.47. The molecular formula is C25H24ClN3O3S2. The van der Waals surface area contributed by atoms with Gasteiger partial charge in [-0.25, -0.2) is 18.5 Å². The number of fused-ring (bicyclic) bond motifs is 2. The third-order valence-corrected chi connectivity index (χ3v) is 9.56. The molecule has 2 atom stereocenters. The molecule has 0 radical (unpaired) electrons. The largest absolute Gasteiger partial charge is 0.336 e. The number of thiazole rings is 1. The number of aromatic nitrogens is 1. The van der Waals surface area contributed by atoms with E-state index in [0.29, 0.717) is 28.3 Å². The summed E-state index contributed by atoms with van der Waals surface area (Å²) in [5.74, 6) is 1.28. The van der Waals surface area contributed by atoms with Crippen molar-refractivity contribution in [2.24, 2.45) is 17.0 Å². The van der Waals surface area contributed by atoms with Crippen molar-refractivity contribution in [1.29, 1.82) is 0 Å². The van der Waals surface area contributed by atoms with Gasteiger partial charge in [0.05, 0.1) is 15.5 Å². The van der Waals surface area contributed by atoms with Gasteiger partial charge in [-0.2, -0.15) is 0 Å². The monoisotopic (exact) mass is 513 g/mol. The van der Waals surface area contributed by atoms with E-state index in [-0.39, 0.29) is 10.8 Å². The summed E-state index contributed by atoms with van der Waals surface area (Å²) in [6, 6.07) is 10.9. The molecule has 9 heteroatoms. The maximum atomic E-state index is 13.3. The third kappa shape index (κ3) is 3.86. The highest BCUT2D eigenvalue weighted by Gasteiger charge is 2.47. The number of sulfonamides is 1. The Morgan fingerprint density at radius 1 is 1.03 bits per heavy atom. The van der Waals surface area contributed by atoms with E-state index in [9.17, 15) is 13.2 Å². The fraction of sp³-hybridized carbons (Fsp3) is 0.360. The second-order valence-electron chi connectivity index (χ2n) is 9.49. The van der Waals surface area contributed by atoms with Gasteiger partial charge in [0.15, 0.2) is 5.01 Å². The summed E-state index contributed by atoms with van der Waals surface area (Å²) in [6.45, 7) is 1.63. The number of hydrogen-bond donors (Lipinski definition) is 1. The maximum Gasteiger partial charge on any atom is 0.282 e. The minimum atomic E-state index is -3.82. The molecule has 6 nitrogen and oxygen atoms in total. The Balaban J connectivity index is 1.51. The fourth-order valence-electron chi connectivity index (χ4n) is 5.41. The van der Waals surface area contributed by atoms with E-state index in [2.05, 4.69) is 0 Å². The van der Waals surface area contributed by atoms with E-state index in [1.807, 2.05) is 35.2 Å². The number of nitrogens with two attached hydrogens (primary N) is 1. The number of primary sulfonamides is 1. The first kappa shape index (κ1) is 22.2. The lowest BCUT2D eigenvalue weighted by atomic mass is 9.87. The number of hydrogen-bond acceptors (Lipinski definition) is 5. The zero-order chi connectivity index (χ0) is 23.6. The summed E-state index contributed by atoms with van der Waals surface area (Å²) in [6.07, 6.45) is 4.57. The van der Waals surface area contributed by atoms with Gasteiger partial charge in [0.2, 0.25) is 10.0 Å². The van der Waals surface area contributed by atoms with Crippen LogP contribution < -0.4 is 5.14 Å². The standard InChI is InChI=1S/C25H24ClN3O3S2/c26-17-7-5-14(6-8-17)22-23(33-24(28-22)25(30)29-12-15-11-16(15)13-29)20-9-10-21(34(27,31)32)19-4-2-1-3-18(19)20/h5-10,15-16H,1-4,11-13H2,(H2,27,31,32). The zero-order valence-corrected chi connectivity index (χ0v) is 20.8. The lowest BCUT2D eigenvalue weighted by Gasteiger charge is -2.22. The summed E-state index contributed by atoms with van der Waals surface area (Å²) >= 11 is 7.52. The predicted molar refractivity (Wildman–Crippen MR) is 134 cm³/mol. The predicted octanol–water partition coefficient (Wildman–Crippen LogP) is 4.75. The smallest absolute Gasteiger partial charge is 0.282 e. The first-order valence-corrected chi connectivity index (χ1v) is 14.3. The molecule has 3 aromatic rings. The fourth-order valence-corrected chi connectivity index (χ4v) is 7.47. The van der Waals surface area contributed by atoms with Gasteiger partial charge in [0.25, 0.3) is 5.91 Å². The summed E-state index contributed by atoms with van der Waals surface area (Å²) in [7, 11) is -3.82.